The second-order valence-corrected chi connectivity index (χ2v) is 5.82. The van der Waals surface area contributed by atoms with Crippen molar-refractivity contribution < 1.29 is 30.6 Å². The summed E-state index contributed by atoms with van der Waals surface area (Å²) in [5, 5.41) is 58.0. The zero-order valence-electron chi connectivity index (χ0n) is 13.7. The van der Waals surface area contributed by atoms with Crippen LogP contribution in [0.4, 0.5) is 17.8 Å². The molecule has 0 aliphatic carbocycles. The number of nitrogen functional groups attached to an aromatic ring is 2. The molecule has 1 rings (SSSR count). The molecule has 1 aromatic rings. The molecule has 1 heterocycles. The van der Waals surface area contributed by atoms with Gasteiger partial charge in [-0.05, 0) is 12.8 Å². The van der Waals surface area contributed by atoms with Gasteiger partial charge in [-0.25, -0.2) is 0 Å². The molecule has 144 valence electrons. The van der Waals surface area contributed by atoms with E-state index in [1.807, 2.05) is 0 Å². The van der Waals surface area contributed by atoms with Crippen LogP contribution in [-0.2, 0) is 0 Å². The van der Waals surface area contributed by atoms with Crippen molar-refractivity contribution in [2.24, 2.45) is 0 Å². The standard InChI is InChI=1S/C13H26N6O6/c14-9-16-10(15)18-11(17-9)19-13(24,25)8(20)6-4-2-1-3-5-7-12(21,22)23/h8,20-25H,1-7H2,(H5,14,15,16,17,18,19). The average molecular weight is 362 g/mol. The highest BCUT2D eigenvalue weighted by Gasteiger charge is 2.33. The third-order valence-corrected chi connectivity index (χ3v) is 3.42. The highest BCUT2D eigenvalue weighted by Crippen LogP contribution is 2.18. The van der Waals surface area contributed by atoms with Crippen LogP contribution in [0.2, 0.25) is 0 Å². The van der Waals surface area contributed by atoms with E-state index in [4.69, 9.17) is 26.8 Å². The third-order valence-electron chi connectivity index (χ3n) is 3.42. The van der Waals surface area contributed by atoms with E-state index in [-0.39, 0.29) is 30.7 Å². The number of hydrogen-bond donors (Lipinski definition) is 9. The van der Waals surface area contributed by atoms with Crippen LogP contribution in [0.5, 0.6) is 0 Å². The van der Waals surface area contributed by atoms with E-state index >= 15 is 0 Å². The minimum atomic E-state index is -2.68. The van der Waals surface area contributed by atoms with Crippen molar-refractivity contribution >= 4 is 17.8 Å². The maximum atomic E-state index is 9.89. The van der Waals surface area contributed by atoms with E-state index in [1.165, 1.54) is 0 Å². The monoisotopic (exact) mass is 362 g/mol. The van der Waals surface area contributed by atoms with Gasteiger partial charge in [0.05, 0.1) is 0 Å². The molecule has 0 aliphatic rings. The molecular weight excluding hydrogens is 336 g/mol. The Morgan fingerprint density at radius 2 is 1.36 bits per heavy atom. The first-order valence-corrected chi connectivity index (χ1v) is 7.85. The maximum absolute atomic E-state index is 9.89. The van der Waals surface area contributed by atoms with Gasteiger partial charge in [0.2, 0.25) is 17.8 Å². The van der Waals surface area contributed by atoms with Crippen molar-refractivity contribution in [3.63, 3.8) is 0 Å². The lowest BCUT2D eigenvalue weighted by Crippen LogP contribution is -2.49. The molecule has 12 nitrogen and oxygen atoms in total. The largest absolute Gasteiger partial charge is 0.385 e. The van der Waals surface area contributed by atoms with Gasteiger partial charge in [-0.3, -0.25) is 0 Å². The predicted molar refractivity (Wildman–Crippen MR) is 87.2 cm³/mol. The number of nitrogens with one attached hydrogen (secondary N) is 1. The summed E-state index contributed by atoms with van der Waals surface area (Å²) in [5.41, 5.74) is 10.7. The van der Waals surface area contributed by atoms with Gasteiger partial charge in [0.1, 0.15) is 6.10 Å². The Labute approximate surface area is 144 Å². The van der Waals surface area contributed by atoms with Crippen molar-refractivity contribution in [3.8, 4) is 0 Å². The Morgan fingerprint density at radius 1 is 0.840 bits per heavy atom. The highest BCUT2D eigenvalue weighted by atomic mass is 16.7. The molecule has 0 radical (unpaired) electrons. The van der Waals surface area contributed by atoms with Gasteiger partial charge in [-0.2, -0.15) is 15.0 Å². The van der Waals surface area contributed by atoms with Crippen LogP contribution in [0.25, 0.3) is 0 Å². The summed E-state index contributed by atoms with van der Waals surface area (Å²) < 4.78 is 0. The number of hydrogen-bond acceptors (Lipinski definition) is 12. The van der Waals surface area contributed by atoms with Gasteiger partial charge >= 0.3 is 0 Å². The fraction of sp³-hybridized carbons (Fsp3) is 0.769. The Hall–Kier alpha value is -1.83. The maximum Gasteiger partial charge on any atom is 0.275 e. The molecule has 0 saturated carbocycles. The lowest BCUT2D eigenvalue weighted by atomic mass is 10.0. The highest BCUT2D eigenvalue weighted by molar-refractivity contribution is 5.38. The SMILES string of the molecule is Nc1nc(N)nc(NC(O)(O)C(O)CCCCCCCC(O)(O)O)n1. The van der Waals surface area contributed by atoms with Crippen LogP contribution in [-0.4, -0.2) is 63.6 Å². The van der Waals surface area contributed by atoms with Crippen LogP contribution in [0.3, 0.4) is 0 Å². The molecule has 0 fully saturated rings. The number of unbranched alkanes of at least 4 members (excludes halogenated alkanes) is 4. The average Bonchev–Trinajstić information content (AvgIpc) is 2.43. The summed E-state index contributed by atoms with van der Waals surface area (Å²) in [6, 6.07) is 0. The molecule has 1 unspecified atom stereocenters. The minimum absolute atomic E-state index is 0.0833. The van der Waals surface area contributed by atoms with E-state index < -0.39 is 18.0 Å². The van der Waals surface area contributed by atoms with Crippen LogP contribution in [0, 0.1) is 0 Å². The number of aliphatic hydroxyl groups excluding tert-OH is 1. The number of rotatable bonds is 11. The summed E-state index contributed by atoms with van der Waals surface area (Å²) >= 11 is 0. The lowest BCUT2D eigenvalue weighted by Gasteiger charge is -2.28. The fourth-order valence-corrected chi connectivity index (χ4v) is 2.14. The molecule has 11 N–H and O–H groups in total. The zero-order valence-corrected chi connectivity index (χ0v) is 13.7. The Morgan fingerprint density at radius 3 is 1.92 bits per heavy atom. The van der Waals surface area contributed by atoms with Gasteiger partial charge < -0.3 is 47.4 Å². The Bertz CT molecular complexity index is 518. The summed E-state index contributed by atoms with van der Waals surface area (Å²) in [4.78, 5) is 10.8. The number of aliphatic hydroxyl groups is 6. The van der Waals surface area contributed by atoms with E-state index in [9.17, 15) is 15.3 Å². The quantitative estimate of drug-likeness (QED) is 0.151. The molecule has 0 spiro atoms. The minimum Gasteiger partial charge on any atom is -0.385 e. The third kappa shape index (κ3) is 8.72. The molecule has 1 atom stereocenters. The van der Waals surface area contributed by atoms with Gasteiger partial charge in [0.25, 0.3) is 11.9 Å². The number of nitrogens with two attached hydrogens (primary N) is 2. The molecule has 12 heteroatoms. The van der Waals surface area contributed by atoms with Crippen LogP contribution in [0.1, 0.15) is 44.9 Å². The number of aromatic nitrogens is 3. The van der Waals surface area contributed by atoms with Gasteiger partial charge in [-0.15, -0.1) is 0 Å². The fourth-order valence-electron chi connectivity index (χ4n) is 2.14. The topological polar surface area (TPSA) is 224 Å². The number of anilines is 3. The van der Waals surface area contributed by atoms with Gasteiger partial charge in [0.15, 0.2) is 0 Å². The molecule has 0 aromatic carbocycles. The molecular formula is C13H26N6O6. The summed E-state index contributed by atoms with van der Waals surface area (Å²) in [6.45, 7) is 0. The van der Waals surface area contributed by atoms with Crippen molar-refractivity contribution in [2.45, 2.75) is 62.9 Å². The van der Waals surface area contributed by atoms with Gasteiger partial charge in [-0.1, -0.05) is 25.7 Å². The van der Waals surface area contributed by atoms with E-state index in [0.29, 0.717) is 25.7 Å². The van der Waals surface area contributed by atoms with Crippen molar-refractivity contribution in [1.29, 1.82) is 0 Å². The first-order chi connectivity index (χ1) is 11.5. The lowest BCUT2D eigenvalue weighted by molar-refractivity contribution is -0.315. The van der Waals surface area contributed by atoms with Crippen LogP contribution < -0.4 is 16.8 Å². The molecule has 0 amide bonds. The summed E-state index contributed by atoms with van der Waals surface area (Å²) in [6.07, 6.45) is 1.40. The van der Waals surface area contributed by atoms with Crippen molar-refractivity contribution in [2.75, 3.05) is 16.8 Å². The predicted octanol–water partition coefficient (Wildman–Crippen LogP) is -2.19. The zero-order chi connectivity index (χ0) is 19.1. The molecule has 1 aromatic heterocycles. The van der Waals surface area contributed by atoms with E-state index in [0.717, 1.165) is 6.42 Å². The van der Waals surface area contributed by atoms with Crippen LogP contribution in [0.15, 0.2) is 0 Å². The summed E-state index contributed by atoms with van der Waals surface area (Å²) in [7, 11) is 0. The number of nitrogens with zero attached hydrogens (tertiary/aromatic N) is 3. The summed E-state index contributed by atoms with van der Waals surface area (Å²) in [5.74, 6) is -6.02. The second-order valence-electron chi connectivity index (χ2n) is 5.82. The van der Waals surface area contributed by atoms with E-state index in [2.05, 4.69) is 20.3 Å². The molecule has 0 bridgehead atoms. The van der Waals surface area contributed by atoms with Gasteiger partial charge in [0, 0.05) is 6.42 Å². The molecule has 0 saturated heterocycles. The molecule has 25 heavy (non-hydrogen) atoms. The normalized spacial score (nSPS) is 13.7. The van der Waals surface area contributed by atoms with Crippen molar-refractivity contribution in [3.05, 3.63) is 0 Å². The smallest absolute Gasteiger partial charge is 0.275 e. The second kappa shape index (κ2) is 9.03. The van der Waals surface area contributed by atoms with Crippen LogP contribution >= 0.6 is 0 Å². The molecule has 0 aliphatic heterocycles. The Balaban J connectivity index is 2.31. The first-order valence-electron chi connectivity index (χ1n) is 7.85. The van der Waals surface area contributed by atoms with E-state index in [1.54, 1.807) is 0 Å². The van der Waals surface area contributed by atoms with Crippen molar-refractivity contribution in [1.82, 2.24) is 15.0 Å². The Kier molecular flexibility index (Phi) is 7.66. The first kappa shape index (κ1) is 21.2.